The molecule has 0 aliphatic heterocycles. The second kappa shape index (κ2) is 9.52. The van der Waals surface area contributed by atoms with Gasteiger partial charge in [-0.25, -0.2) is 4.98 Å². The fraction of sp³-hybridized carbons (Fsp3) is 0.286. The van der Waals surface area contributed by atoms with E-state index in [1.54, 1.807) is 17.7 Å². The molecule has 1 atom stereocenters. The molecule has 1 amide bonds. The number of rotatable bonds is 8. The monoisotopic (exact) mass is 397 g/mol. The van der Waals surface area contributed by atoms with Crippen molar-refractivity contribution in [2.24, 2.45) is 0 Å². The van der Waals surface area contributed by atoms with Gasteiger partial charge in [-0.05, 0) is 24.6 Å². The molecule has 146 valence electrons. The first-order chi connectivity index (χ1) is 13.6. The van der Waals surface area contributed by atoms with Crippen LogP contribution in [0.1, 0.15) is 12.5 Å². The number of amides is 1. The Hall–Kier alpha value is -2.64. The van der Waals surface area contributed by atoms with Crippen molar-refractivity contribution in [3.05, 3.63) is 70.5 Å². The molecule has 0 saturated heterocycles. The Kier molecular flexibility index (Phi) is 6.84. The standard InChI is InChI=1S/C21H23N3O3S/c1-15(19(25)22-14-16-8-4-3-5-9-16)28-21-23-18-11-7-6-10-17(18)20(26)24(21)12-13-27-2/h3-11,15H,12-14H2,1-2H3,(H,22,25)/t15-/m1/s1. The molecule has 0 bridgehead atoms. The Morgan fingerprint density at radius 1 is 1.18 bits per heavy atom. The summed E-state index contributed by atoms with van der Waals surface area (Å²) in [6.07, 6.45) is 0. The molecule has 1 heterocycles. The van der Waals surface area contributed by atoms with E-state index in [-0.39, 0.29) is 11.5 Å². The largest absolute Gasteiger partial charge is 0.383 e. The fourth-order valence-electron chi connectivity index (χ4n) is 2.76. The average Bonchev–Trinajstić information content (AvgIpc) is 2.72. The van der Waals surface area contributed by atoms with E-state index in [1.165, 1.54) is 11.8 Å². The van der Waals surface area contributed by atoms with Gasteiger partial charge in [0.05, 0.1) is 29.3 Å². The Morgan fingerprint density at radius 2 is 1.89 bits per heavy atom. The quantitative estimate of drug-likeness (QED) is 0.467. The topological polar surface area (TPSA) is 73.2 Å². The number of para-hydroxylation sites is 1. The Labute approximate surface area is 167 Å². The number of hydrogen-bond donors (Lipinski definition) is 1. The molecule has 0 unspecified atom stereocenters. The van der Waals surface area contributed by atoms with Gasteiger partial charge < -0.3 is 10.1 Å². The number of thioether (sulfide) groups is 1. The molecule has 3 aromatic rings. The van der Waals surface area contributed by atoms with Crippen LogP contribution in [-0.4, -0.2) is 34.4 Å². The second-order valence-electron chi connectivity index (χ2n) is 6.32. The van der Waals surface area contributed by atoms with E-state index in [0.717, 1.165) is 5.56 Å². The lowest BCUT2D eigenvalue weighted by Gasteiger charge is -2.16. The number of aromatic nitrogens is 2. The molecule has 0 aliphatic carbocycles. The minimum atomic E-state index is -0.398. The third-order valence-electron chi connectivity index (χ3n) is 4.31. The summed E-state index contributed by atoms with van der Waals surface area (Å²) in [5, 5.41) is 3.61. The molecule has 0 saturated carbocycles. The molecule has 28 heavy (non-hydrogen) atoms. The summed E-state index contributed by atoms with van der Waals surface area (Å²) in [5.41, 5.74) is 1.54. The highest BCUT2D eigenvalue weighted by Gasteiger charge is 2.19. The van der Waals surface area contributed by atoms with E-state index in [4.69, 9.17) is 4.74 Å². The molecule has 1 aromatic heterocycles. The van der Waals surface area contributed by atoms with Crippen molar-refractivity contribution in [3.8, 4) is 0 Å². The van der Waals surface area contributed by atoms with Crippen LogP contribution in [0.25, 0.3) is 10.9 Å². The molecule has 0 radical (unpaired) electrons. The number of methoxy groups -OCH3 is 1. The number of hydrogen-bond acceptors (Lipinski definition) is 5. The molecule has 7 heteroatoms. The molecule has 0 fully saturated rings. The van der Waals surface area contributed by atoms with Gasteiger partial charge in [0.1, 0.15) is 0 Å². The van der Waals surface area contributed by atoms with Gasteiger partial charge in [-0.2, -0.15) is 0 Å². The van der Waals surface area contributed by atoms with Gasteiger partial charge in [0.25, 0.3) is 5.56 Å². The van der Waals surface area contributed by atoms with Gasteiger partial charge in [-0.1, -0.05) is 54.2 Å². The molecule has 0 aliphatic rings. The second-order valence-corrected chi connectivity index (χ2v) is 7.63. The van der Waals surface area contributed by atoms with Crippen LogP contribution in [0.3, 0.4) is 0 Å². The minimum Gasteiger partial charge on any atom is -0.383 e. The third-order valence-corrected chi connectivity index (χ3v) is 5.40. The number of carbonyl (C=O) groups is 1. The number of ether oxygens (including phenoxy) is 1. The van der Waals surface area contributed by atoms with E-state index in [1.807, 2.05) is 55.5 Å². The van der Waals surface area contributed by atoms with Crippen LogP contribution in [-0.2, 0) is 22.6 Å². The van der Waals surface area contributed by atoms with Crippen molar-refractivity contribution in [2.45, 2.75) is 30.4 Å². The first-order valence-corrected chi connectivity index (χ1v) is 9.95. The van der Waals surface area contributed by atoms with Crippen molar-refractivity contribution in [3.63, 3.8) is 0 Å². The smallest absolute Gasteiger partial charge is 0.262 e. The van der Waals surface area contributed by atoms with Crippen molar-refractivity contribution < 1.29 is 9.53 Å². The normalized spacial score (nSPS) is 12.1. The van der Waals surface area contributed by atoms with E-state index >= 15 is 0 Å². The molecule has 0 spiro atoms. The highest BCUT2D eigenvalue weighted by atomic mass is 32.2. The average molecular weight is 398 g/mol. The van der Waals surface area contributed by atoms with Gasteiger partial charge >= 0.3 is 0 Å². The maximum absolute atomic E-state index is 12.9. The number of fused-ring (bicyclic) bond motifs is 1. The lowest BCUT2D eigenvalue weighted by molar-refractivity contribution is -0.120. The maximum Gasteiger partial charge on any atom is 0.262 e. The molecular weight excluding hydrogens is 374 g/mol. The van der Waals surface area contributed by atoms with Crippen molar-refractivity contribution >= 4 is 28.6 Å². The fourth-order valence-corrected chi connectivity index (χ4v) is 3.72. The predicted octanol–water partition coefficient (Wildman–Crippen LogP) is 2.84. The summed E-state index contributed by atoms with van der Waals surface area (Å²) in [4.78, 5) is 30.0. The van der Waals surface area contributed by atoms with Crippen LogP contribution in [0.15, 0.2) is 64.5 Å². The van der Waals surface area contributed by atoms with Gasteiger partial charge in [0, 0.05) is 13.7 Å². The minimum absolute atomic E-state index is 0.102. The lowest BCUT2D eigenvalue weighted by Crippen LogP contribution is -2.32. The lowest BCUT2D eigenvalue weighted by atomic mass is 10.2. The van der Waals surface area contributed by atoms with Gasteiger partial charge in [-0.15, -0.1) is 0 Å². The molecular formula is C21H23N3O3S. The van der Waals surface area contributed by atoms with E-state index < -0.39 is 5.25 Å². The molecule has 6 nitrogen and oxygen atoms in total. The van der Waals surface area contributed by atoms with E-state index in [0.29, 0.717) is 35.8 Å². The van der Waals surface area contributed by atoms with Crippen LogP contribution < -0.4 is 10.9 Å². The molecule has 2 aromatic carbocycles. The van der Waals surface area contributed by atoms with Crippen molar-refractivity contribution in [1.29, 1.82) is 0 Å². The SMILES string of the molecule is COCCn1c(S[C@H](C)C(=O)NCc2ccccc2)nc2ccccc2c1=O. The van der Waals surface area contributed by atoms with Gasteiger partial charge in [0.15, 0.2) is 5.16 Å². The molecule has 1 N–H and O–H groups in total. The molecule has 3 rings (SSSR count). The number of benzene rings is 2. The summed E-state index contributed by atoms with van der Waals surface area (Å²) in [6.45, 7) is 3.05. The summed E-state index contributed by atoms with van der Waals surface area (Å²) in [5.74, 6) is -0.102. The zero-order valence-electron chi connectivity index (χ0n) is 15.9. The van der Waals surface area contributed by atoms with E-state index in [2.05, 4.69) is 10.3 Å². The highest BCUT2D eigenvalue weighted by molar-refractivity contribution is 8.00. The van der Waals surface area contributed by atoms with Crippen molar-refractivity contribution in [2.75, 3.05) is 13.7 Å². The summed E-state index contributed by atoms with van der Waals surface area (Å²) in [7, 11) is 1.59. The van der Waals surface area contributed by atoms with Crippen LogP contribution in [0.2, 0.25) is 0 Å². The first kappa shape index (κ1) is 20.1. The third kappa shape index (κ3) is 4.79. The van der Waals surface area contributed by atoms with Gasteiger partial charge in [0.2, 0.25) is 5.91 Å². The predicted molar refractivity (Wildman–Crippen MR) is 111 cm³/mol. The highest BCUT2D eigenvalue weighted by Crippen LogP contribution is 2.22. The van der Waals surface area contributed by atoms with Crippen LogP contribution >= 0.6 is 11.8 Å². The Balaban J connectivity index is 1.79. The number of nitrogens with one attached hydrogen (secondary N) is 1. The van der Waals surface area contributed by atoms with Crippen LogP contribution in [0, 0.1) is 0 Å². The zero-order valence-corrected chi connectivity index (χ0v) is 16.7. The van der Waals surface area contributed by atoms with Crippen LogP contribution in [0.4, 0.5) is 0 Å². The first-order valence-electron chi connectivity index (χ1n) is 9.07. The zero-order chi connectivity index (χ0) is 19.9. The van der Waals surface area contributed by atoms with Crippen molar-refractivity contribution in [1.82, 2.24) is 14.9 Å². The summed E-state index contributed by atoms with van der Waals surface area (Å²) >= 11 is 1.28. The van der Waals surface area contributed by atoms with E-state index in [9.17, 15) is 9.59 Å². The Morgan fingerprint density at radius 3 is 2.64 bits per heavy atom. The maximum atomic E-state index is 12.9. The summed E-state index contributed by atoms with van der Waals surface area (Å²) in [6, 6.07) is 17.0. The summed E-state index contributed by atoms with van der Waals surface area (Å²) < 4.78 is 6.71. The Bertz CT molecular complexity index is 1000. The number of carbonyl (C=O) groups excluding carboxylic acids is 1. The van der Waals surface area contributed by atoms with Gasteiger partial charge in [-0.3, -0.25) is 14.2 Å². The van der Waals surface area contributed by atoms with Crippen LogP contribution in [0.5, 0.6) is 0 Å². The number of nitrogens with zero attached hydrogens (tertiary/aromatic N) is 2.